The Balaban J connectivity index is 2.04. The highest BCUT2D eigenvalue weighted by molar-refractivity contribution is 5.78. The van der Waals surface area contributed by atoms with Gasteiger partial charge in [-0.25, -0.2) is 0 Å². The van der Waals surface area contributed by atoms with Crippen molar-refractivity contribution in [2.75, 3.05) is 6.54 Å². The smallest absolute Gasteiger partial charge is 0.339 e. The number of halogens is 3. The first-order valence-electron chi connectivity index (χ1n) is 7.50. The van der Waals surface area contributed by atoms with E-state index >= 15 is 0 Å². The highest BCUT2D eigenvalue weighted by atomic mass is 19.4. The Kier molecular flexibility index (Phi) is 4.54. The van der Waals surface area contributed by atoms with Crippen LogP contribution in [-0.2, 0) is 4.79 Å². The summed E-state index contributed by atoms with van der Waals surface area (Å²) < 4.78 is 38.7. The predicted octanol–water partition coefficient (Wildman–Crippen LogP) is 3.32. The average molecular weight is 317 g/mol. The van der Waals surface area contributed by atoms with Gasteiger partial charge in [-0.05, 0) is 38.7 Å². The number of aromatic nitrogens is 2. The summed E-state index contributed by atoms with van der Waals surface area (Å²) in [5.41, 5.74) is 2.72. The fraction of sp³-hybridized carbons (Fsp3) is 0.733. The molecule has 124 valence electrons. The molecule has 1 saturated heterocycles. The van der Waals surface area contributed by atoms with Crippen LogP contribution < -0.4 is 0 Å². The van der Waals surface area contributed by atoms with E-state index < -0.39 is 18.1 Å². The van der Waals surface area contributed by atoms with Crippen LogP contribution in [0.3, 0.4) is 0 Å². The van der Waals surface area contributed by atoms with E-state index in [2.05, 4.69) is 10.2 Å². The van der Waals surface area contributed by atoms with E-state index in [1.807, 2.05) is 20.8 Å². The molecular formula is C15H22F3N3O. The van der Waals surface area contributed by atoms with Crippen LogP contribution in [0.1, 0.15) is 49.6 Å². The Morgan fingerprint density at radius 3 is 2.55 bits per heavy atom. The largest absolute Gasteiger partial charge is 0.393 e. The second kappa shape index (κ2) is 5.93. The van der Waals surface area contributed by atoms with Crippen LogP contribution >= 0.6 is 0 Å². The van der Waals surface area contributed by atoms with Crippen molar-refractivity contribution in [3.05, 3.63) is 17.0 Å². The minimum atomic E-state index is -4.24. The maximum absolute atomic E-state index is 12.9. The van der Waals surface area contributed by atoms with E-state index in [0.717, 1.165) is 17.0 Å². The second-order valence-corrected chi connectivity index (χ2v) is 6.22. The van der Waals surface area contributed by atoms with Crippen LogP contribution in [0.5, 0.6) is 0 Å². The molecule has 1 aromatic rings. The SMILES string of the molecule is Cc1n[nH]c(C)c1C(C)CC(=O)N1CCC(C(F)(F)F)C1C. The van der Waals surface area contributed by atoms with Gasteiger partial charge >= 0.3 is 6.18 Å². The van der Waals surface area contributed by atoms with Gasteiger partial charge in [0.15, 0.2) is 0 Å². The lowest BCUT2D eigenvalue weighted by Crippen LogP contribution is -2.40. The Labute approximate surface area is 128 Å². The molecule has 1 aliphatic heterocycles. The molecule has 3 unspecified atom stereocenters. The molecule has 7 heteroatoms. The number of hydrogen-bond donors (Lipinski definition) is 1. The van der Waals surface area contributed by atoms with Crippen LogP contribution in [0, 0.1) is 19.8 Å². The van der Waals surface area contributed by atoms with Gasteiger partial charge in [0, 0.05) is 24.7 Å². The van der Waals surface area contributed by atoms with Gasteiger partial charge in [-0.3, -0.25) is 9.89 Å². The summed E-state index contributed by atoms with van der Waals surface area (Å²) in [5.74, 6) is -1.70. The average Bonchev–Trinajstić information content (AvgIpc) is 2.92. The van der Waals surface area contributed by atoms with E-state index in [4.69, 9.17) is 0 Å². The van der Waals surface area contributed by atoms with Gasteiger partial charge in [0.2, 0.25) is 5.91 Å². The molecule has 0 saturated carbocycles. The van der Waals surface area contributed by atoms with Gasteiger partial charge in [-0.2, -0.15) is 18.3 Å². The van der Waals surface area contributed by atoms with Crippen molar-refractivity contribution in [1.82, 2.24) is 15.1 Å². The second-order valence-electron chi connectivity index (χ2n) is 6.22. The molecule has 1 N–H and O–H groups in total. The molecular weight excluding hydrogens is 295 g/mol. The van der Waals surface area contributed by atoms with Gasteiger partial charge < -0.3 is 4.90 Å². The first kappa shape index (κ1) is 16.8. The zero-order valence-electron chi connectivity index (χ0n) is 13.3. The lowest BCUT2D eigenvalue weighted by Gasteiger charge is -2.27. The minimum Gasteiger partial charge on any atom is -0.339 e. The highest BCUT2D eigenvalue weighted by Gasteiger charge is 2.49. The monoisotopic (exact) mass is 317 g/mol. The van der Waals surface area contributed by atoms with E-state index in [9.17, 15) is 18.0 Å². The van der Waals surface area contributed by atoms with Crippen molar-refractivity contribution in [3.8, 4) is 0 Å². The topological polar surface area (TPSA) is 49.0 Å². The normalized spacial score (nSPS) is 23.9. The van der Waals surface area contributed by atoms with Crippen LogP contribution in [0.4, 0.5) is 13.2 Å². The molecule has 1 fully saturated rings. The molecule has 22 heavy (non-hydrogen) atoms. The van der Waals surface area contributed by atoms with Crippen LogP contribution in [0.25, 0.3) is 0 Å². The summed E-state index contributed by atoms with van der Waals surface area (Å²) in [4.78, 5) is 13.8. The number of nitrogens with one attached hydrogen (secondary N) is 1. The summed E-state index contributed by atoms with van der Waals surface area (Å²) in [6.07, 6.45) is -4.04. The standard InChI is InChI=1S/C15H22F3N3O/c1-8(14-9(2)19-20-10(14)3)7-13(22)21-6-5-12(11(21)4)15(16,17)18/h8,11-12H,5-7H2,1-4H3,(H,19,20). The molecule has 0 spiro atoms. The number of hydrogen-bond acceptors (Lipinski definition) is 2. The predicted molar refractivity (Wildman–Crippen MR) is 76.4 cm³/mol. The zero-order valence-corrected chi connectivity index (χ0v) is 13.3. The Hall–Kier alpha value is -1.53. The van der Waals surface area contributed by atoms with E-state index in [0.29, 0.717) is 0 Å². The fourth-order valence-electron chi connectivity index (χ4n) is 3.50. The first-order valence-corrected chi connectivity index (χ1v) is 7.50. The van der Waals surface area contributed by atoms with E-state index in [1.54, 1.807) is 0 Å². The Bertz CT molecular complexity index is 533. The van der Waals surface area contributed by atoms with Crippen molar-refractivity contribution < 1.29 is 18.0 Å². The van der Waals surface area contributed by atoms with Gasteiger partial charge in [-0.15, -0.1) is 0 Å². The number of likely N-dealkylation sites (tertiary alicyclic amines) is 1. The molecule has 2 heterocycles. The maximum atomic E-state index is 12.9. The summed E-state index contributed by atoms with van der Waals surface area (Å²) >= 11 is 0. The van der Waals surface area contributed by atoms with Gasteiger partial charge in [0.25, 0.3) is 0 Å². The number of nitrogens with zero attached hydrogens (tertiary/aromatic N) is 2. The molecule has 1 aromatic heterocycles. The lowest BCUT2D eigenvalue weighted by atomic mass is 9.95. The number of aromatic amines is 1. The third-order valence-corrected chi connectivity index (χ3v) is 4.65. The zero-order chi connectivity index (χ0) is 16.7. The maximum Gasteiger partial charge on any atom is 0.393 e. The number of alkyl halides is 3. The summed E-state index contributed by atoms with van der Waals surface area (Å²) in [5, 5.41) is 6.98. The highest BCUT2D eigenvalue weighted by Crippen LogP contribution is 2.38. The van der Waals surface area contributed by atoms with Crippen molar-refractivity contribution in [1.29, 1.82) is 0 Å². The molecule has 0 aliphatic carbocycles. The number of rotatable bonds is 3. The van der Waals surface area contributed by atoms with E-state index in [-0.39, 0.29) is 31.2 Å². The third-order valence-electron chi connectivity index (χ3n) is 4.65. The van der Waals surface area contributed by atoms with Crippen molar-refractivity contribution in [2.24, 2.45) is 5.92 Å². The van der Waals surface area contributed by atoms with Crippen molar-refractivity contribution in [3.63, 3.8) is 0 Å². The lowest BCUT2D eigenvalue weighted by molar-refractivity contribution is -0.179. The van der Waals surface area contributed by atoms with Crippen molar-refractivity contribution in [2.45, 2.75) is 58.7 Å². The van der Waals surface area contributed by atoms with Gasteiger partial charge in [0.1, 0.15) is 0 Å². The quantitative estimate of drug-likeness (QED) is 0.929. The molecule has 1 amide bonds. The molecule has 4 nitrogen and oxygen atoms in total. The molecule has 0 bridgehead atoms. The van der Waals surface area contributed by atoms with Crippen LogP contribution in [-0.4, -0.2) is 39.8 Å². The number of amides is 1. The molecule has 2 rings (SSSR count). The third kappa shape index (κ3) is 3.13. The summed E-state index contributed by atoms with van der Waals surface area (Å²) in [6, 6.07) is -0.786. The van der Waals surface area contributed by atoms with Gasteiger partial charge in [0.05, 0.1) is 11.6 Å². The number of carbonyl (C=O) groups is 1. The Morgan fingerprint density at radius 2 is 2.09 bits per heavy atom. The summed E-state index contributed by atoms with van der Waals surface area (Å²) in [7, 11) is 0. The fourth-order valence-corrected chi connectivity index (χ4v) is 3.50. The first-order chi connectivity index (χ1) is 10.1. The number of carbonyl (C=O) groups excluding carboxylic acids is 1. The molecule has 1 aliphatic rings. The van der Waals surface area contributed by atoms with Crippen molar-refractivity contribution >= 4 is 5.91 Å². The van der Waals surface area contributed by atoms with Crippen LogP contribution in [0.2, 0.25) is 0 Å². The molecule has 3 atom stereocenters. The van der Waals surface area contributed by atoms with Gasteiger partial charge in [-0.1, -0.05) is 6.92 Å². The van der Waals surface area contributed by atoms with E-state index in [1.165, 1.54) is 11.8 Å². The Morgan fingerprint density at radius 1 is 1.45 bits per heavy atom. The molecule has 0 radical (unpaired) electrons. The molecule has 0 aromatic carbocycles. The summed E-state index contributed by atoms with van der Waals surface area (Å²) in [6.45, 7) is 7.32. The minimum absolute atomic E-state index is 0.00540. The number of aryl methyl sites for hydroxylation is 2. The van der Waals surface area contributed by atoms with Crippen LogP contribution in [0.15, 0.2) is 0 Å². The number of H-pyrrole nitrogens is 1.